The number of rotatable bonds is 7. The number of nitrogens with one attached hydrogen (secondary N) is 2. The fraction of sp³-hybridized carbons (Fsp3) is 0.290. The highest BCUT2D eigenvalue weighted by molar-refractivity contribution is 5.83. The van der Waals surface area contributed by atoms with Gasteiger partial charge in [0, 0.05) is 42.7 Å². The lowest BCUT2D eigenvalue weighted by Gasteiger charge is -2.32. The van der Waals surface area contributed by atoms with Gasteiger partial charge in [-0.1, -0.05) is 60.2 Å². The third-order valence-corrected chi connectivity index (χ3v) is 7.57. The Morgan fingerprint density at radius 2 is 1.84 bits per heavy atom. The van der Waals surface area contributed by atoms with E-state index in [1.54, 1.807) is 0 Å². The largest absolute Gasteiger partial charge is 0.361 e. The van der Waals surface area contributed by atoms with Gasteiger partial charge in [-0.15, -0.1) is 0 Å². The van der Waals surface area contributed by atoms with E-state index in [9.17, 15) is 4.79 Å². The highest BCUT2D eigenvalue weighted by Gasteiger charge is 2.27. The second-order valence-electron chi connectivity index (χ2n) is 10.1. The summed E-state index contributed by atoms with van der Waals surface area (Å²) in [6.07, 6.45) is 4.56. The Bertz CT molecular complexity index is 1540. The third-order valence-electron chi connectivity index (χ3n) is 7.57. The molecule has 0 bridgehead atoms. The summed E-state index contributed by atoms with van der Waals surface area (Å²) in [5.41, 5.74) is 7.09. The van der Waals surface area contributed by atoms with Crippen LogP contribution < -0.4 is 10.2 Å². The summed E-state index contributed by atoms with van der Waals surface area (Å²) in [6, 6.07) is 25.3. The van der Waals surface area contributed by atoms with Crippen molar-refractivity contribution in [1.82, 2.24) is 19.9 Å². The zero-order valence-electron chi connectivity index (χ0n) is 21.3. The number of anilines is 1. The van der Waals surface area contributed by atoms with Gasteiger partial charge in [0.15, 0.2) is 0 Å². The van der Waals surface area contributed by atoms with Gasteiger partial charge in [0.25, 0.3) is 0 Å². The van der Waals surface area contributed by atoms with Crippen LogP contribution in [0.3, 0.4) is 0 Å². The predicted octanol–water partition coefficient (Wildman–Crippen LogP) is 5.45. The Kier molecular flexibility index (Phi) is 6.39. The molecule has 6 rings (SSSR count). The summed E-state index contributed by atoms with van der Waals surface area (Å²) < 4.78 is 2.33. The quantitative estimate of drug-likeness (QED) is 0.318. The second-order valence-corrected chi connectivity index (χ2v) is 10.1. The number of hydrogen-bond donors (Lipinski definition) is 2. The topological polar surface area (TPSA) is 66.0 Å². The molecule has 2 aromatic heterocycles. The monoisotopic (exact) mass is 491 g/mol. The maximum Gasteiger partial charge on any atom is 0.223 e. The van der Waals surface area contributed by atoms with Gasteiger partial charge in [-0.3, -0.25) is 4.79 Å². The summed E-state index contributed by atoms with van der Waals surface area (Å²) in [5.74, 6) is 1.22. The van der Waals surface area contributed by atoms with Crippen molar-refractivity contribution in [3.05, 3.63) is 95.7 Å². The average Bonchev–Trinajstić information content (AvgIpc) is 3.50. The Morgan fingerprint density at radius 3 is 2.70 bits per heavy atom. The number of imidazole rings is 1. The number of piperidine rings is 1. The minimum atomic E-state index is 0.0498. The minimum absolute atomic E-state index is 0.0498. The summed E-state index contributed by atoms with van der Waals surface area (Å²) in [5, 5.41) is 4.42. The fourth-order valence-corrected chi connectivity index (χ4v) is 5.60. The zero-order valence-corrected chi connectivity index (χ0v) is 21.3. The van der Waals surface area contributed by atoms with E-state index in [0.717, 1.165) is 61.4 Å². The van der Waals surface area contributed by atoms with Gasteiger partial charge in [0.1, 0.15) is 0 Å². The van der Waals surface area contributed by atoms with Crippen LogP contribution >= 0.6 is 0 Å². The van der Waals surface area contributed by atoms with Crippen molar-refractivity contribution in [3.63, 3.8) is 0 Å². The molecule has 0 spiro atoms. The Balaban J connectivity index is 1.10. The number of amides is 1. The molecule has 5 aromatic rings. The van der Waals surface area contributed by atoms with Crippen LogP contribution in [0.5, 0.6) is 0 Å². The number of aromatic amines is 1. The van der Waals surface area contributed by atoms with Gasteiger partial charge in [-0.2, -0.15) is 0 Å². The molecule has 6 heteroatoms. The van der Waals surface area contributed by atoms with Crippen molar-refractivity contribution in [3.8, 4) is 0 Å². The van der Waals surface area contributed by atoms with E-state index in [-0.39, 0.29) is 11.8 Å². The number of aromatic nitrogens is 3. The summed E-state index contributed by atoms with van der Waals surface area (Å²) in [6.45, 7) is 5.24. The van der Waals surface area contributed by atoms with E-state index in [4.69, 9.17) is 4.98 Å². The van der Waals surface area contributed by atoms with Crippen LogP contribution in [0.2, 0.25) is 0 Å². The van der Waals surface area contributed by atoms with E-state index in [1.165, 1.54) is 22.1 Å². The standard InChI is InChI=1S/C31H33N5O/c1-22-7-6-8-23(19-22)21-36-29-12-5-4-11-28(29)34-31(36)35-17-14-24(15-18-35)30(37)32-16-13-25-20-33-27-10-3-2-9-26(25)27/h2-12,19-20,24,33H,13-18,21H2,1H3,(H,32,37). The number of hydrogen-bond acceptors (Lipinski definition) is 3. The number of carbonyl (C=O) groups is 1. The summed E-state index contributed by atoms with van der Waals surface area (Å²) in [7, 11) is 0. The first-order valence-electron chi connectivity index (χ1n) is 13.2. The number of H-pyrrole nitrogens is 1. The highest BCUT2D eigenvalue weighted by atomic mass is 16.1. The van der Waals surface area contributed by atoms with E-state index >= 15 is 0 Å². The van der Waals surface area contributed by atoms with E-state index in [0.29, 0.717) is 6.54 Å². The van der Waals surface area contributed by atoms with Crippen molar-refractivity contribution in [2.24, 2.45) is 5.92 Å². The zero-order chi connectivity index (χ0) is 25.2. The molecule has 3 heterocycles. The molecule has 2 N–H and O–H groups in total. The molecule has 188 valence electrons. The van der Waals surface area contributed by atoms with Crippen LogP contribution in [0.4, 0.5) is 5.95 Å². The average molecular weight is 492 g/mol. The van der Waals surface area contributed by atoms with Gasteiger partial charge < -0.3 is 19.8 Å². The summed E-state index contributed by atoms with van der Waals surface area (Å²) >= 11 is 0. The number of carbonyl (C=O) groups excluding carboxylic acids is 1. The number of aryl methyl sites for hydroxylation is 1. The van der Waals surface area contributed by atoms with Crippen molar-refractivity contribution in [2.75, 3.05) is 24.5 Å². The maximum absolute atomic E-state index is 13.0. The molecule has 0 aliphatic carbocycles. The smallest absolute Gasteiger partial charge is 0.223 e. The molecule has 1 saturated heterocycles. The SMILES string of the molecule is Cc1cccc(Cn2c(N3CCC(C(=O)NCCc4c[nH]c5ccccc45)CC3)nc3ccccc32)c1. The van der Waals surface area contributed by atoms with Gasteiger partial charge in [0.2, 0.25) is 11.9 Å². The van der Waals surface area contributed by atoms with Crippen molar-refractivity contribution in [2.45, 2.75) is 32.7 Å². The van der Waals surface area contributed by atoms with Crippen LogP contribution in [0, 0.1) is 12.8 Å². The van der Waals surface area contributed by atoms with Gasteiger partial charge in [0.05, 0.1) is 17.6 Å². The minimum Gasteiger partial charge on any atom is -0.361 e. The lowest BCUT2D eigenvalue weighted by atomic mass is 9.96. The molecule has 1 amide bonds. The van der Waals surface area contributed by atoms with E-state index in [2.05, 4.69) is 93.6 Å². The molecule has 6 nitrogen and oxygen atoms in total. The first kappa shape index (κ1) is 23.3. The maximum atomic E-state index is 13.0. The molecule has 0 atom stereocenters. The van der Waals surface area contributed by atoms with E-state index in [1.807, 2.05) is 12.1 Å². The lowest BCUT2D eigenvalue weighted by Crippen LogP contribution is -2.42. The van der Waals surface area contributed by atoms with Crippen LogP contribution in [-0.4, -0.2) is 40.1 Å². The van der Waals surface area contributed by atoms with Crippen molar-refractivity contribution in [1.29, 1.82) is 0 Å². The van der Waals surface area contributed by atoms with Gasteiger partial charge in [-0.05, 0) is 55.5 Å². The Hall–Kier alpha value is -4.06. The number of para-hydroxylation sites is 3. The molecule has 3 aromatic carbocycles. The highest BCUT2D eigenvalue weighted by Crippen LogP contribution is 2.28. The predicted molar refractivity (Wildman–Crippen MR) is 150 cm³/mol. The van der Waals surface area contributed by atoms with Crippen LogP contribution in [-0.2, 0) is 17.8 Å². The number of nitrogens with zero attached hydrogens (tertiary/aromatic N) is 3. The van der Waals surface area contributed by atoms with Crippen LogP contribution in [0.1, 0.15) is 29.5 Å². The summed E-state index contributed by atoms with van der Waals surface area (Å²) in [4.78, 5) is 23.6. The molecular formula is C31H33N5O. The van der Waals surface area contributed by atoms with Crippen LogP contribution in [0.25, 0.3) is 21.9 Å². The first-order chi connectivity index (χ1) is 18.2. The molecule has 37 heavy (non-hydrogen) atoms. The normalized spacial score (nSPS) is 14.5. The molecule has 1 fully saturated rings. The van der Waals surface area contributed by atoms with Gasteiger partial charge in [-0.25, -0.2) is 4.98 Å². The molecular weight excluding hydrogens is 458 g/mol. The Labute approximate surface area is 217 Å². The van der Waals surface area contributed by atoms with Crippen LogP contribution in [0.15, 0.2) is 79.0 Å². The number of benzene rings is 3. The molecule has 0 unspecified atom stereocenters. The molecule has 1 aliphatic rings. The molecule has 0 saturated carbocycles. The number of fused-ring (bicyclic) bond motifs is 2. The first-order valence-corrected chi connectivity index (χ1v) is 13.2. The lowest BCUT2D eigenvalue weighted by molar-refractivity contribution is -0.125. The fourth-order valence-electron chi connectivity index (χ4n) is 5.60. The molecule has 1 aliphatic heterocycles. The third kappa shape index (κ3) is 4.84. The molecule has 0 radical (unpaired) electrons. The Morgan fingerprint density at radius 1 is 1.03 bits per heavy atom. The van der Waals surface area contributed by atoms with E-state index < -0.39 is 0 Å². The van der Waals surface area contributed by atoms with Crippen molar-refractivity contribution >= 4 is 33.8 Å². The van der Waals surface area contributed by atoms with Gasteiger partial charge >= 0.3 is 0 Å². The van der Waals surface area contributed by atoms with Crippen molar-refractivity contribution < 1.29 is 4.79 Å². The second kappa shape index (κ2) is 10.1.